The van der Waals surface area contributed by atoms with Crippen LogP contribution in [0.15, 0.2) is 12.7 Å². The van der Waals surface area contributed by atoms with E-state index in [1.165, 1.54) is 17.2 Å². The number of aliphatic carboxylic acids is 2. The van der Waals surface area contributed by atoms with Crippen LogP contribution in [0.1, 0.15) is 27.0 Å². The van der Waals surface area contributed by atoms with Crippen molar-refractivity contribution in [2.75, 3.05) is 12.3 Å². The quantitative estimate of drug-likeness (QED) is 0.240. The van der Waals surface area contributed by atoms with Gasteiger partial charge in [0, 0.05) is 20.4 Å². The number of imidazole rings is 1. The lowest BCUT2D eigenvalue weighted by Crippen LogP contribution is -2.44. The van der Waals surface area contributed by atoms with Gasteiger partial charge in [-0.15, -0.1) is 0 Å². The molecule has 0 aromatic carbocycles. The van der Waals surface area contributed by atoms with Crippen molar-refractivity contribution < 1.29 is 49.6 Å². The third kappa shape index (κ3) is 6.79. The van der Waals surface area contributed by atoms with Gasteiger partial charge < -0.3 is 26.0 Å². The largest absolute Gasteiger partial charge is 0.481 e. The summed E-state index contributed by atoms with van der Waals surface area (Å²) in [5, 5.41) is 35.7. The summed E-state index contributed by atoms with van der Waals surface area (Å²) in [7, 11) is 0. The molecule has 0 bridgehead atoms. The Hall–Kier alpha value is -3.44. The van der Waals surface area contributed by atoms with E-state index in [1.807, 2.05) is 0 Å². The van der Waals surface area contributed by atoms with Crippen molar-refractivity contribution in [2.24, 2.45) is 0 Å². The number of anilines is 1. The summed E-state index contributed by atoms with van der Waals surface area (Å²) >= 11 is 0. The monoisotopic (exact) mass is 460 g/mol. The number of carbonyl (C=O) groups excluding carboxylic acids is 1. The summed E-state index contributed by atoms with van der Waals surface area (Å²) < 4.78 is 7.02. The molecule has 1 aliphatic heterocycles. The number of hydrogen-bond acceptors (Lipinski definition) is 12. The van der Waals surface area contributed by atoms with Crippen molar-refractivity contribution in [2.45, 2.75) is 45.3 Å². The predicted octanol–water partition coefficient (Wildman–Crippen LogP) is -0.660. The summed E-state index contributed by atoms with van der Waals surface area (Å²) in [6.07, 6.45) is -2.14. The zero-order valence-electron chi connectivity index (χ0n) is 17.3. The normalized spacial score (nSPS) is 21.7. The standard InChI is InChI=1S/C12H16N6O6.2C2H4O2/c1-2-14-11(19)7-6(23-20)8(24-21)12(22-7)18-4-17-5-9(13)15-3-16-10(5)18;2*1-2(3)4/h3-4,6-8,12,20-21H,2H2,1H3,(H,14,19)(H2,13,15,16);2*1H3,(H,3,4)/t6-,7+,8-,12?;;/m1../s1. The van der Waals surface area contributed by atoms with E-state index >= 15 is 0 Å². The maximum Gasteiger partial charge on any atom is 0.300 e. The lowest BCUT2D eigenvalue weighted by atomic mass is 10.1. The van der Waals surface area contributed by atoms with Crippen molar-refractivity contribution in [1.82, 2.24) is 24.8 Å². The SMILES string of the molecule is CC(=O)O.CC(=O)O.CCNC(=O)[C@H]1OC(n2cnc3c(N)ncnc32)[C@H](OO)[C@@H]1OO. The molecule has 3 heterocycles. The minimum Gasteiger partial charge on any atom is -0.481 e. The van der Waals surface area contributed by atoms with Gasteiger partial charge in [-0.1, -0.05) is 0 Å². The summed E-state index contributed by atoms with van der Waals surface area (Å²) in [5.41, 5.74) is 6.35. The van der Waals surface area contributed by atoms with Crippen molar-refractivity contribution in [3.05, 3.63) is 12.7 Å². The molecule has 32 heavy (non-hydrogen) atoms. The Kier molecular flexibility index (Phi) is 10.3. The summed E-state index contributed by atoms with van der Waals surface area (Å²) in [6.45, 7) is 4.24. The Morgan fingerprint density at radius 1 is 1.12 bits per heavy atom. The maximum atomic E-state index is 12.1. The highest BCUT2D eigenvalue weighted by Crippen LogP contribution is 2.35. The second-order valence-corrected chi connectivity index (χ2v) is 6.10. The minimum atomic E-state index is -1.26. The second-order valence-electron chi connectivity index (χ2n) is 6.10. The molecule has 0 radical (unpaired) electrons. The first-order chi connectivity index (χ1) is 15.1. The Morgan fingerprint density at radius 2 is 1.69 bits per heavy atom. The number of carboxylic acids is 2. The molecule has 1 saturated heterocycles. The van der Waals surface area contributed by atoms with Gasteiger partial charge in [0.2, 0.25) is 0 Å². The average molecular weight is 460 g/mol. The number of aromatic nitrogens is 4. The molecule has 0 spiro atoms. The van der Waals surface area contributed by atoms with Gasteiger partial charge >= 0.3 is 0 Å². The molecule has 2 aromatic rings. The van der Waals surface area contributed by atoms with E-state index in [2.05, 4.69) is 30.0 Å². The van der Waals surface area contributed by atoms with Crippen LogP contribution in [0.5, 0.6) is 0 Å². The van der Waals surface area contributed by atoms with Crippen molar-refractivity contribution in [3.8, 4) is 0 Å². The molecular formula is C16H24N6O10. The van der Waals surface area contributed by atoms with E-state index in [4.69, 9.17) is 35.5 Å². The predicted molar refractivity (Wildman–Crippen MR) is 104 cm³/mol. The fourth-order valence-electron chi connectivity index (χ4n) is 2.63. The number of carbonyl (C=O) groups is 3. The number of nitrogens with zero attached hydrogens (tertiary/aromatic N) is 4. The highest BCUT2D eigenvalue weighted by molar-refractivity contribution is 5.82. The van der Waals surface area contributed by atoms with Gasteiger partial charge in [-0.2, -0.15) is 0 Å². The van der Waals surface area contributed by atoms with Crippen LogP contribution in [0.2, 0.25) is 0 Å². The molecule has 16 nitrogen and oxygen atoms in total. The van der Waals surface area contributed by atoms with Crippen LogP contribution in [-0.4, -0.2) is 82.9 Å². The van der Waals surface area contributed by atoms with Crippen LogP contribution >= 0.6 is 0 Å². The highest BCUT2D eigenvalue weighted by atomic mass is 17.1. The number of nitrogens with two attached hydrogens (primary N) is 1. The van der Waals surface area contributed by atoms with Crippen LogP contribution in [0.3, 0.4) is 0 Å². The number of ether oxygens (including phenoxy) is 1. The number of fused-ring (bicyclic) bond motifs is 1. The van der Waals surface area contributed by atoms with E-state index in [0.29, 0.717) is 17.7 Å². The van der Waals surface area contributed by atoms with E-state index in [9.17, 15) is 10.1 Å². The fourth-order valence-corrected chi connectivity index (χ4v) is 2.63. The molecule has 3 rings (SSSR count). The zero-order chi connectivity index (χ0) is 24.4. The van der Waals surface area contributed by atoms with Crippen LogP contribution in [-0.2, 0) is 28.9 Å². The number of carboxylic acid groups (broad SMARTS) is 2. The summed E-state index contributed by atoms with van der Waals surface area (Å²) in [4.78, 5) is 50.7. The smallest absolute Gasteiger partial charge is 0.300 e. The number of likely N-dealkylation sites (N-methyl/N-ethyl adjacent to an activating group) is 1. The first-order valence-corrected chi connectivity index (χ1v) is 8.94. The number of amides is 1. The van der Waals surface area contributed by atoms with E-state index in [-0.39, 0.29) is 5.82 Å². The average Bonchev–Trinajstić information content (AvgIpc) is 3.28. The molecule has 0 saturated carbocycles. The van der Waals surface area contributed by atoms with Gasteiger partial charge in [0.1, 0.15) is 11.8 Å². The van der Waals surface area contributed by atoms with Crippen molar-refractivity contribution in [3.63, 3.8) is 0 Å². The molecule has 1 fully saturated rings. The number of hydrogen-bond donors (Lipinski definition) is 6. The van der Waals surface area contributed by atoms with Gasteiger partial charge in [-0.3, -0.25) is 29.5 Å². The number of nitrogen functional groups attached to an aromatic ring is 1. The first-order valence-electron chi connectivity index (χ1n) is 8.94. The van der Waals surface area contributed by atoms with Crippen LogP contribution in [0, 0.1) is 0 Å². The minimum absolute atomic E-state index is 0.161. The Bertz CT molecular complexity index is 902. The topological polar surface area (TPSA) is 241 Å². The zero-order valence-corrected chi connectivity index (χ0v) is 17.3. The third-order valence-electron chi connectivity index (χ3n) is 3.70. The Balaban J connectivity index is 0.000000554. The molecule has 1 aliphatic rings. The lowest BCUT2D eigenvalue weighted by Gasteiger charge is -2.18. The van der Waals surface area contributed by atoms with Crippen LogP contribution in [0.4, 0.5) is 5.82 Å². The van der Waals surface area contributed by atoms with E-state index < -0.39 is 42.4 Å². The van der Waals surface area contributed by atoms with Gasteiger partial charge in [0.25, 0.3) is 17.8 Å². The van der Waals surface area contributed by atoms with E-state index in [1.54, 1.807) is 6.92 Å². The summed E-state index contributed by atoms with van der Waals surface area (Å²) in [6, 6.07) is 0. The third-order valence-corrected chi connectivity index (χ3v) is 3.70. The molecule has 16 heteroatoms. The molecule has 7 N–H and O–H groups in total. The van der Waals surface area contributed by atoms with Gasteiger partial charge in [0.15, 0.2) is 36.0 Å². The molecule has 1 unspecified atom stereocenters. The van der Waals surface area contributed by atoms with Crippen molar-refractivity contribution in [1.29, 1.82) is 0 Å². The molecule has 0 aliphatic carbocycles. The van der Waals surface area contributed by atoms with Gasteiger partial charge in [0.05, 0.1) is 6.33 Å². The molecular weight excluding hydrogens is 436 g/mol. The molecule has 1 amide bonds. The first kappa shape index (κ1) is 26.6. The molecule has 178 valence electrons. The molecule has 4 atom stereocenters. The lowest BCUT2D eigenvalue weighted by molar-refractivity contribution is -0.352. The second kappa shape index (κ2) is 12.4. The summed E-state index contributed by atoms with van der Waals surface area (Å²) in [5.74, 6) is -2.03. The Labute approximate surface area is 180 Å². The number of nitrogens with one attached hydrogen (secondary N) is 1. The van der Waals surface area contributed by atoms with Crippen LogP contribution in [0.25, 0.3) is 11.2 Å². The van der Waals surface area contributed by atoms with E-state index in [0.717, 1.165) is 13.8 Å². The van der Waals surface area contributed by atoms with Crippen molar-refractivity contribution >= 4 is 34.8 Å². The number of rotatable bonds is 5. The highest BCUT2D eigenvalue weighted by Gasteiger charge is 2.52. The maximum absolute atomic E-state index is 12.1. The van der Waals surface area contributed by atoms with Gasteiger partial charge in [-0.25, -0.2) is 24.7 Å². The Morgan fingerprint density at radius 3 is 2.19 bits per heavy atom. The molecule has 2 aromatic heterocycles. The van der Waals surface area contributed by atoms with Gasteiger partial charge in [-0.05, 0) is 6.92 Å². The van der Waals surface area contributed by atoms with Crippen LogP contribution < -0.4 is 11.1 Å². The fraction of sp³-hybridized carbons (Fsp3) is 0.500.